The first-order valence-electron chi connectivity index (χ1n) is 7.67. The highest BCUT2D eigenvalue weighted by Gasteiger charge is 2.32. The maximum atomic E-state index is 6.07. The summed E-state index contributed by atoms with van der Waals surface area (Å²) >= 11 is 3.55. The lowest BCUT2D eigenvalue weighted by molar-refractivity contribution is -0.0549. The maximum Gasteiger partial charge on any atom is 0.0807 e. The molecular formula is C17H28BrNO. The Morgan fingerprint density at radius 3 is 2.60 bits per heavy atom. The van der Waals surface area contributed by atoms with Crippen LogP contribution < -0.4 is 5.32 Å². The van der Waals surface area contributed by atoms with Crippen molar-refractivity contribution in [2.45, 2.75) is 58.6 Å². The third kappa shape index (κ3) is 5.19. The largest absolute Gasteiger partial charge is 0.374 e. The molecule has 3 heteroatoms. The predicted molar refractivity (Wildman–Crippen MR) is 90.2 cm³/mol. The highest BCUT2D eigenvalue weighted by molar-refractivity contribution is 9.10. The van der Waals surface area contributed by atoms with Crippen LogP contribution >= 0.6 is 15.9 Å². The van der Waals surface area contributed by atoms with Crippen LogP contribution in [0.5, 0.6) is 0 Å². The summed E-state index contributed by atoms with van der Waals surface area (Å²) in [6, 6.07) is 8.89. The van der Waals surface area contributed by atoms with Crippen LogP contribution in [-0.4, -0.2) is 24.8 Å². The summed E-state index contributed by atoms with van der Waals surface area (Å²) in [7, 11) is 0. The van der Waals surface area contributed by atoms with E-state index in [4.69, 9.17) is 4.74 Å². The van der Waals surface area contributed by atoms with Crippen LogP contribution in [0.1, 0.15) is 46.1 Å². The normalized spacial score (nSPS) is 15.8. The molecule has 0 saturated carbocycles. The van der Waals surface area contributed by atoms with Crippen molar-refractivity contribution in [2.24, 2.45) is 0 Å². The molecule has 0 fully saturated rings. The van der Waals surface area contributed by atoms with E-state index in [1.807, 2.05) is 0 Å². The molecule has 1 rings (SSSR count). The molecule has 2 nitrogen and oxygen atoms in total. The van der Waals surface area contributed by atoms with Gasteiger partial charge in [-0.25, -0.2) is 0 Å². The van der Waals surface area contributed by atoms with E-state index in [9.17, 15) is 0 Å². The summed E-state index contributed by atoms with van der Waals surface area (Å²) < 4.78 is 7.20. The fourth-order valence-electron chi connectivity index (χ4n) is 2.50. The Labute approximate surface area is 132 Å². The van der Waals surface area contributed by atoms with Gasteiger partial charge in [0.2, 0.25) is 0 Å². The van der Waals surface area contributed by atoms with E-state index in [1.165, 1.54) is 5.56 Å². The molecule has 1 aromatic rings. The lowest BCUT2D eigenvalue weighted by Gasteiger charge is -2.37. The minimum absolute atomic E-state index is 0.119. The predicted octanol–water partition coefficient (Wildman–Crippen LogP) is 4.57. The Kier molecular flexibility index (Phi) is 7.78. The third-order valence-corrected chi connectivity index (χ3v) is 4.38. The molecule has 114 valence electrons. The highest BCUT2D eigenvalue weighted by Crippen LogP contribution is 2.24. The number of ether oxygens (including phenoxy) is 1. The van der Waals surface area contributed by atoms with E-state index in [-0.39, 0.29) is 5.60 Å². The second-order valence-corrected chi connectivity index (χ2v) is 6.36. The summed E-state index contributed by atoms with van der Waals surface area (Å²) in [5.74, 6) is 0. The molecule has 0 aromatic heterocycles. The van der Waals surface area contributed by atoms with Crippen molar-refractivity contribution in [3.05, 3.63) is 34.3 Å². The van der Waals surface area contributed by atoms with Crippen LogP contribution in [0.15, 0.2) is 28.7 Å². The van der Waals surface area contributed by atoms with Gasteiger partial charge in [0.25, 0.3) is 0 Å². The summed E-state index contributed by atoms with van der Waals surface area (Å²) in [5, 5.41) is 3.67. The van der Waals surface area contributed by atoms with Gasteiger partial charge in [-0.1, -0.05) is 41.9 Å². The molecule has 0 aliphatic carbocycles. The average molecular weight is 342 g/mol. The molecule has 0 spiro atoms. The van der Waals surface area contributed by atoms with Crippen molar-refractivity contribution in [1.29, 1.82) is 0 Å². The number of halogens is 1. The Hall–Kier alpha value is -0.380. The molecule has 0 heterocycles. The second kappa shape index (κ2) is 8.81. The van der Waals surface area contributed by atoms with Gasteiger partial charge < -0.3 is 10.1 Å². The van der Waals surface area contributed by atoms with Crippen LogP contribution in [0.2, 0.25) is 0 Å². The quantitative estimate of drug-likeness (QED) is 0.710. The van der Waals surface area contributed by atoms with Crippen molar-refractivity contribution in [2.75, 3.05) is 13.2 Å². The van der Waals surface area contributed by atoms with Gasteiger partial charge >= 0.3 is 0 Å². The Morgan fingerprint density at radius 2 is 2.05 bits per heavy atom. The molecule has 1 aromatic carbocycles. The van der Waals surface area contributed by atoms with Crippen molar-refractivity contribution < 1.29 is 4.74 Å². The maximum absolute atomic E-state index is 6.07. The van der Waals surface area contributed by atoms with E-state index < -0.39 is 0 Å². The van der Waals surface area contributed by atoms with Gasteiger partial charge in [0.15, 0.2) is 0 Å². The first-order valence-corrected chi connectivity index (χ1v) is 8.46. The summed E-state index contributed by atoms with van der Waals surface area (Å²) in [4.78, 5) is 0. The molecule has 0 aliphatic heterocycles. The lowest BCUT2D eigenvalue weighted by Crippen LogP contribution is -2.51. The van der Waals surface area contributed by atoms with Crippen molar-refractivity contribution >= 4 is 15.9 Å². The van der Waals surface area contributed by atoms with E-state index in [0.717, 1.165) is 36.9 Å². The van der Waals surface area contributed by atoms with Gasteiger partial charge in [-0.15, -0.1) is 0 Å². The van der Waals surface area contributed by atoms with Gasteiger partial charge in [0, 0.05) is 17.1 Å². The number of rotatable bonds is 9. The molecule has 1 N–H and O–H groups in total. The zero-order chi connectivity index (χ0) is 15.0. The number of nitrogens with one attached hydrogen (secondary N) is 1. The zero-order valence-corrected chi connectivity index (χ0v) is 14.8. The Morgan fingerprint density at radius 1 is 1.30 bits per heavy atom. The van der Waals surface area contributed by atoms with Crippen LogP contribution in [-0.2, 0) is 11.2 Å². The van der Waals surface area contributed by atoms with Gasteiger partial charge in [0.1, 0.15) is 0 Å². The average Bonchev–Trinajstić information content (AvgIpc) is 2.43. The lowest BCUT2D eigenvalue weighted by atomic mass is 9.88. The van der Waals surface area contributed by atoms with Crippen LogP contribution in [0.3, 0.4) is 0 Å². The molecule has 0 amide bonds. The van der Waals surface area contributed by atoms with Gasteiger partial charge in [-0.2, -0.15) is 0 Å². The van der Waals surface area contributed by atoms with Gasteiger partial charge in [-0.05, 0) is 57.4 Å². The molecule has 0 saturated heterocycles. The standard InChI is InChI=1S/C17H28BrNO/c1-5-11-19-16(17(4,6-2)20-7-3)13-14-9-8-10-15(18)12-14/h8-10,12,16,19H,5-7,11,13H2,1-4H3. The minimum Gasteiger partial charge on any atom is -0.374 e. The fourth-order valence-corrected chi connectivity index (χ4v) is 2.95. The zero-order valence-electron chi connectivity index (χ0n) is 13.2. The van der Waals surface area contributed by atoms with E-state index in [0.29, 0.717) is 6.04 Å². The second-order valence-electron chi connectivity index (χ2n) is 5.44. The van der Waals surface area contributed by atoms with Crippen LogP contribution in [0.25, 0.3) is 0 Å². The first-order chi connectivity index (χ1) is 9.55. The minimum atomic E-state index is -0.119. The Bertz CT molecular complexity index is 396. The van der Waals surface area contributed by atoms with Crippen molar-refractivity contribution in [3.8, 4) is 0 Å². The van der Waals surface area contributed by atoms with Crippen molar-refractivity contribution in [3.63, 3.8) is 0 Å². The number of hydrogen-bond acceptors (Lipinski definition) is 2. The Balaban J connectivity index is 2.87. The first kappa shape index (κ1) is 17.7. The molecule has 0 radical (unpaired) electrons. The van der Waals surface area contributed by atoms with Crippen LogP contribution in [0, 0.1) is 0 Å². The summed E-state index contributed by atoms with van der Waals surface area (Å²) in [6.07, 6.45) is 3.14. The topological polar surface area (TPSA) is 21.3 Å². The van der Waals surface area contributed by atoms with Gasteiger partial charge in [0.05, 0.1) is 5.60 Å². The third-order valence-electron chi connectivity index (χ3n) is 3.88. The van der Waals surface area contributed by atoms with E-state index >= 15 is 0 Å². The molecule has 2 unspecified atom stereocenters. The van der Waals surface area contributed by atoms with Crippen LogP contribution in [0.4, 0.5) is 0 Å². The molecule has 2 atom stereocenters. The van der Waals surface area contributed by atoms with Crippen molar-refractivity contribution in [1.82, 2.24) is 5.32 Å². The summed E-state index contributed by atoms with van der Waals surface area (Å²) in [5.41, 5.74) is 1.22. The number of benzene rings is 1. The molecule has 0 bridgehead atoms. The summed E-state index contributed by atoms with van der Waals surface area (Å²) in [6.45, 7) is 10.5. The molecular weight excluding hydrogens is 314 g/mol. The monoisotopic (exact) mass is 341 g/mol. The highest BCUT2D eigenvalue weighted by atomic mass is 79.9. The SMILES string of the molecule is CCCNC(Cc1cccc(Br)c1)C(C)(CC)OCC. The molecule has 0 aliphatic rings. The van der Waals surface area contributed by atoms with E-state index in [2.05, 4.69) is 73.2 Å². The smallest absolute Gasteiger partial charge is 0.0807 e. The number of hydrogen-bond donors (Lipinski definition) is 1. The molecule has 20 heavy (non-hydrogen) atoms. The van der Waals surface area contributed by atoms with Gasteiger partial charge in [-0.3, -0.25) is 0 Å². The fraction of sp³-hybridized carbons (Fsp3) is 0.647. The van der Waals surface area contributed by atoms with E-state index in [1.54, 1.807) is 0 Å².